The van der Waals surface area contributed by atoms with Crippen LogP contribution in [0.5, 0.6) is 0 Å². The second kappa shape index (κ2) is 14.7. The molecule has 0 aromatic rings. The van der Waals surface area contributed by atoms with E-state index >= 15 is 0 Å². The van der Waals surface area contributed by atoms with Crippen LogP contribution in [0, 0.1) is 0 Å². The van der Waals surface area contributed by atoms with Crippen LogP contribution in [0.1, 0.15) is 71.1 Å². The number of aliphatic hydroxyl groups is 3. The average molecular weight is 359 g/mol. The van der Waals surface area contributed by atoms with E-state index in [0.29, 0.717) is 6.61 Å². The molecule has 1 aliphatic rings. The van der Waals surface area contributed by atoms with Gasteiger partial charge < -0.3 is 24.8 Å². The minimum atomic E-state index is -0.988. The second-order valence-corrected chi connectivity index (χ2v) is 6.94. The van der Waals surface area contributed by atoms with Crippen LogP contribution in [0.25, 0.3) is 0 Å². The van der Waals surface area contributed by atoms with Gasteiger partial charge in [0.15, 0.2) is 0 Å². The van der Waals surface area contributed by atoms with Crippen LogP contribution in [-0.2, 0) is 9.47 Å². The van der Waals surface area contributed by atoms with Crippen LogP contribution in [0.15, 0.2) is 12.2 Å². The van der Waals surface area contributed by atoms with Gasteiger partial charge >= 0.3 is 0 Å². The van der Waals surface area contributed by atoms with Crippen LogP contribution in [0.2, 0.25) is 0 Å². The fourth-order valence-electron chi connectivity index (χ4n) is 3.15. The molecule has 1 fully saturated rings. The Kier molecular flexibility index (Phi) is 13.3. The molecule has 0 spiro atoms. The molecule has 0 aromatic heterocycles. The molecule has 5 nitrogen and oxygen atoms in total. The third kappa shape index (κ3) is 9.71. The highest BCUT2D eigenvalue weighted by atomic mass is 16.6. The molecule has 0 saturated carbocycles. The smallest absolute Gasteiger partial charge is 0.114 e. The Bertz CT molecular complexity index is 332. The molecule has 0 amide bonds. The van der Waals surface area contributed by atoms with E-state index in [-0.39, 0.29) is 13.2 Å². The lowest BCUT2D eigenvalue weighted by atomic mass is 10.0. The highest BCUT2D eigenvalue weighted by Gasteiger charge is 2.39. The monoisotopic (exact) mass is 358 g/mol. The van der Waals surface area contributed by atoms with Crippen molar-refractivity contribution in [2.45, 2.75) is 95.5 Å². The molecule has 0 unspecified atom stereocenters. The van der Waals surface area contributed by atoms with E-state index in [1.54, 1.807) is 0 Å². The van der Waals surface area contributed by atoms with Crippen LogP contribution in [0.3, 0.4) is 0 Å². The van der Waals surface area contributed by atoms with Gasteiger partial charge in [0.25, 0.3) is 0 Å². The lowest BCUT2D eigenvalue weighted by molar-refractivity contribution is -0.211. The van der Waals surface area contributed by atoms with Crippen molar-refractivity contribution in [1.29, 1.82) is 0 Å². The minimum absolute atomic E-state index is 0.0428. The predicted molar refractivity (Wildman–Crippen MR) is 99.6 cm³/mol. The Labute approximate surface area is 153 Å². The van der Waals surface area contributed by atoms with Crippen molar-refractivity contribution < 1.29 is 24.8 Å². The number of allylic oxidation sites excluding steroid dienone is 2. The lowest BCUT2D eigenvalue weighted by Gasteiger charge is -2.37. The van der Waals surface area contributed by atoms with E-state index in [1.165, 1.54) is 44.9 Å². The summed E-state index contributed by atoms with van der Waals surface area (Å²) in [6, 6.07) is 0. The zero-order valence-electron chi connectivity index (χ0n) is 15.8. The summed E-state index contributed by atoms with van der Waals surface area (Å²) < 4.78 is 11.0. The first-order valence-corrected chi connectivity index (χ1v) is 10.1. The van der Waals surface area contributed by atoms with E-state index in [2.05, 4.69) is 19.1 Å². The Morgan fingerprint density at radius 1 is 0.960 bits per heavy atom. The van der Waals surface area contributed by atoms with Gasteiger partial charge in [-0.1, -0.05) is 57.6 Å². The lowest BCUT2D eigenvalue weighted by Crippen LogP contribution is -2.55. The van der Waals surface area contributed by atoms with Gasteiger partial charge in [-0.25, -0.2) is 0 Å². The number of hydrogen-bond donors (Lipinski definition) is 3. The number of ether oxygens (including phenoxy) is 2. The summed E-state index contributed by atoms with van der Waals surface area (Å²) in [6.07, 6.45) is 13.5. The molecule has 25 heavy (non-hydrogen) atoms. The quantitative estimate of drug-likeness (QED) is 0.329. The average Bonchev–Trinajstić information content (AvgIpc) is 2.62. The highest BCUT2D eigenvalue weighted by Crippen LogP contribution is 2.19. The van der Waals surface area contributed by atoms with Crippen molar-refractivity contribution in [3.8, 4) is 0 Å². The van der Waals surface area contributed by atoms with Crippen LogP contribution in [0.4, 0.5) is 0 Å². The summed E-state index contributed by atoms with van der Waals surface area (Å²) in [4.78, 5) is 0. The van der Waals surface area contributed by atoms with Crippen molar-refractivity contribution in [2.24, 2.45) is 0 Å². The molecule has 0 aliphatic carbocycles. The maximum absolute atomic E-state index is 9.96. The van der Waals surface area contributed by atoms with Gasteiger partial charge in [-0.05, 0) is 25.7 Å². The molecule has 1 aliphatic heterocycles. The van der Waals surface area contributed by atoms with Gasteiger partial charge in [-0.15, -0.1) is 0 Å². The van der Waals surface area contributed by atoms with Gasteiger partial charge in [0, 0.05) is 6.61 Å². The topological polar surface area (TPSA) is 79.2 Å². The van der Waals surface area contributed by atoms with Crippen molar-refractivity contribution >= 4 is 0 Å². The number of rotatable bonds is 14. The molecule has 1 rings (SSSR count). The SMILES string of the molecule is CC/C=C/CCCCCCCCCCO[C@@H]1[C@@H](O)[C@H](O)CO[C@H]1CO. The molecule has 0 bridgehead atoms. The van der Waals surface area contributed by atoms with Crippen molar-refractivity contribution in [2.75, 3.05) is 19.8 Å². The minimum Gasteiger partial charge on any atom is -0.394 e. The first-order valence-electron chi connectivity index (χ1n) is 10.1. The Morgan fingerprint density at radius 2 is 1.60 bits per heavy atom. The Balaban J connectivity index is 1.95. The van der Waals surface area contributed by atoms with E-state index < -0.39 is 24.4 Å². The van der Waals surface area contributed by atoms with Crippen molar-refractivity contribution in [3.05, 3.63) is 12.2 Å². The van der Waals surface area contributed by atoms with Gasteiger partial charge in [0.05, 0.1) is 13.2 Å². The fourth-order valence-corrected chi connectivity index (χ4v) is 3.15. The zero-order chi connectivity index (χ0) is 18.3. The van der Waals surface area contributed by atoms with E-state index in [0.717, 1.165) is 19.3 Å². The highest BCUT2D eigenvalue weighted by molar-refractivity contribution is 4.87. The summed E-state index contributed by atoms with van der Waals surface area (Å²) in [6.45, 7) is 2.53. The summed E-state index contributed by atoms with van der Waals surface area (Å²) >= 11 is 0. The molecule has 3 N–H and O–H groups in total. The predicted octanol–water partition coefficient (Wildman–Crippen LogP) is 2.96. The van der Waals surface area contributed by atoms with Crippen LogP contribution in [-0.4, -0.2) is 59.6 Å². The molecular weight excluding hydrogens is 320 g/mol. The standard InChI is InChI=1S/C20H38O5/c1-2-3-4-5-6-7-8-9-10-11-12-13-14-24-20-18(15-21)25-16-17(22)19(20)23/h3-4,17-23H,2,5-16H2,1H3/b4-3+/t17-,18+,19+,20+/m1/s1. The first-order chi connectivity index (χ1) is 12.2. The Hall–Kier alpha value is -0.460. The number of unbranched alkanes of at least 4 members (excludes halogenated alkanes) is 8. The largest absolute Gasteiger partial charge is 0.394 e. The molecule has 5 heteroatoms. The summed E-state index contributed by atoms with van der Waals surface area (Å²) in [5, 5.41) is 28.9. The number of hydrogen-bond acceptors (Lipinski definition) is 5. The summed E-state index contributed by atoms with van der Waals surface area (Å²) in [5.74, 6) is 0. The maximum Gasteiger partial charge on any atom is 0.114 e. The fraction of sp³-hybridized carbons (Fsp3) is 0.900. The van der Waals surface area contributed by atoms with E-state index in [9.17, 15) is 15.3 Å². The normalized spacial score (nSPS) is 27.2. The zero-order valence-corrected chi connectivity index (χ0v) is 15.8. The molecule has 148 valence electrons. The summed E-state index contributed by atoms with van der Waals surface area (Å²) in [5.41, 5.74) is 0. The molecule has 0 aromatic carbocycles. The van der Waals surface area contributed by atoms with Gasteiger partial charge in [-0.3, -0.25) is 0 Å². The van der Waals surface area contributed by atoms with Crippen molar-refractivity contribution in [3.63, 3.8) is 0 Å². The van der Waals surface area contributed by atoms with Crippen LogP contribution >= 0.6 is 0 Å². The third-order valence-electron chi connectivity index (χ3n) is 4.74. The van der Waals surface area contributed by atoms with E-state index in [1.807, 2.05) is 0 Å². The van der Waals surface area contributed by atoms with Gasteiger partial charge in [-0.2, -0.15) is 0 Å². The summed E-state index contributed by atoms with van der Waals surface area (Å²) in [7, 11) is 0. The maximum atomic E-state index is 9.96. The van der Waals surface area contributed by atoms with Crippen LogP contribution < -0.4 is 0 Å². The second-order valence-electron chi connectivity index (χ2n) is 6.94. The molecule has 1 saturated heterocycles. The first kappa shape index (κ1) is 22.6. The Morgan fingerprint density at radius 3 is 2.24 bits per heavy atom. The molecule has 1 heterocycles. The molecule has 4 atom stereocenters. The van der Waals surface area contributed by atoms with Gasteiger partial charge in [0.2, 0.25) is 0 Å². The molecular formula is C20H38O5. The van der Waals surface area contributed by atoms with Crippen molar-refractivity contribution in [1.82, 2.24) is 0 Å². The van der Waals surface area contributed by atoms with Gasteiger partial charge in [0.1, 0.15) is 24.4 Å². The molecule has 0 radical (unpaired) electrons. The third-order valence-corrected chi connectivity index (χ3v) is 4.74. The number of aliphatic hydroxyl groups excluding tert-OH is 3. The van der Waals surface area contributed by atoms with E-state index in [4.69, 9.17) is 9.47 Å².